The summed E-state index contributed by atoms with van der Waals surface area (Å²) in [6.45, 7) is 4.23. The molecule has 0 aromatic heterocycles. The highest BCUT2D eigenvalue weighted by Crippen LogP contribution is 2.56. The zero-order valence-electron chi connectivity index (χ0n) is 13.9. The van der Waals surface area contributed by atoms with Gasteiger partial charge in [0.1, 0.15) is 6.67 Å². The van der Waals surface area contributed by atoms with Crippen LogP contribution < -0.4 is 0 Å². The lowest BCUT2D eigenvalue weighted by molar-refractivity contribution is -0.145. The van der Waals surface area contributed by atoms with E-state index in [4.69, 9.17) is 0 Å². The van der Waals surface area contributed by atoms with E-state index in [1.807, 2.05) is 0 Å². The molecule has 2 saturated heterocycles. The van der Waals surface area contributed by atoms with Gasteiger partial charge in [-0.3, -0.25) is 24.2 Å². The van der Waals surface area contributed by atoms with Crippen LogP contribution in [-0.2, 0) is 14.4 Å². The molecule has 3 amide bonds. The SMILES string of the molecule is C=C1C2C3C=CC(C3)C2C(=O)N1CN1C(=O)C2C3C=CC(C3)C2C1=O. The Morgan fingerprint density at radius 1 is 0.720 bits per heavy atom. The highest BCUT2D eigenvalue weighted by Gasteiger charge is 2.61. The van der Waals surface area contributed by atoms with E-state index < -0.39 is 0 Å². The minimum atomic E-state index is -0.203. The number of likely N-dealkylation sites (tertiary alicyclic amines) is 2. The number of hydrogen-bond donors (Lipinski definition) is 0. The van der Waals surface area contributed by atoms with E-state index in [0.717, 1.165) is 18.5 Å². The largest absolute Gasteiger partial charge is 0.297 e. The van der Waals surface area contributed by atoms with Crippen molar-refractivity contribution in [3.8, 4) is 0 Å². The standard InChI is InChI=1S/C20H20N2O3/c1-9-14-10-2-3-11(6-10)15(14)18(23)21(9)8-22-19(24)16-12-4-5-13(7-12)17(16)20(22)25/h2-5,10-17H,1,6-8H2. The van der Waals surface area contributed by atoms with Crippen molar-refractivity contribution in [2.45, 2.75) is 12.8 Å². The summed E-state index contributed by atoms with van der Waals surface area (Å²) in [6.07, 6.45) is 10.5. The molecular weight excluding hydrogens is 316 g/mol. The average molecular weight is 336 g/mol. The van der Waals surface area contributed by atoms with Crippen molar-refractivity contribution in [2.75, 3.05) is 6.67 Å². The lowest BCUT2D eigenvalue weighted by atomic mass is 9.84. The maximum atomic E-state index is 12.9. The highest BCUT2D eigenvalue weighted by molar-refractivity contribution is 6.06. The number of amides is 3. The fraction of sp³-hybridized carbons (Fsp3) is 0.550. The number of carbonyl (C=O) groups is 3. The number of fused-ring (bicyclic) bond motifs is 10. The van der Waals surface area contributed by atoms with Gasteiger partial charge in [0, 0.05) is 11.6 Å². The van der Waals surface area contributed by atoms with Crippen LogP contribution in [0.4, 0.5) is 0 Å². The molecule has 5 heteroatoms. The van der Waals surface area contributed by atoms with Crippen molar-refractivity contribution in [3.63, 3.8) is 0 Å². The van der Waals surface area contributed by atoms with Gasteiger partial charge in [-0.1, -0.05) is 30.9 Å². The van der Waals surface area contributed by atoms with Gasteiger partial charge in [0.25, 0.3) is 0 Å². The fourth-order valence-electron chi connectivity index (χ4n) is 6.52. The Hall–Kier alpha value is -2.17. The summed E-state index contributed by atoms with van der Waals surface area (Å²) < 4.78 is 0. The molecule has 128 valence electrons. The maximum absolute atomic E-state index is 12.9. The molecule has 0 aromatic carbocycles. The molecule has 2 saturated carbocycles. The molecule has 6 aliphatic rings. The van der Waals surface area contributed by atoms with Gasteiger partial charge >= 0.3 is 0 Å². The summed E-state index contributed by atoms with van der Waals surface area (Å²) in [5.74, 6) is 0.676. The molecule has 6 rings (SSSR count). The van der Waals surface area contributed by atoms with Gasteiger partial charge in [0.2, 0.25) is 17.7 Å². The third-order valence-electron chi connectivity index (χ3n) is 7.59. The van der Waals surface area contributed by atoms with Crippen LogP contribution in [0.2, 0.25) is 0 Å². The number of allylic oxidation sites excluding steroid dienone is 5. The first-order valence-electron chi connectivity index (χ1n) is 9.28. The normalized spacial score (nSPS) is 48.5. The zero-order chi connectivity index (χ0) is 17.0. The number of nitrogens with zero attached hydrogens (tertiary/aromatic N) is 2. The van der Waals surface area contributed by atoms with Gasteiger partial charge < -0.3 is 0 Å². The molecule has 2 heterocycles. The quantitative estimate of drug-likeness (QED) is 0.568. The predicted molar refractivity (Wildman–Crippen MR) is 88.1 cm³/mol. The van der Waals surface area contributed by atoms with Crippen LogP contribution in [0.5, 0.6) is 0 Å². The Morgan fingerprint density at radius 3 is 1.60 bits per heavy atom. The van der Waals surface area contributed by atoms with Crippen molar-refractivity contribution in [2.24, 2.45) is 47.3 Å². The van der Waals surface area contributed by atoms with Crippen LogP contribution in [0.3, 0.4) is 0 Å². The number of hydrogen-bond acceptors (Lipinski definition) is 3. The predicted octanol–water partition coefficient (Wildman–Crippen LogP) is 1.55. The lowest BCUT2D eigenvalue weighted by Crippen LogP contribution is -2.43. The van der Waals surface area contributed by atoms with Crippen LogP contribution in [0.25, 0.3) is 0 Å². The van der Waals surface area contributed by atoms with Crippen molar-refractivity contribution >= 4 is 17.7 Å². The molecule has 8 atom stereocenters. The van der Waals surface area contributed by atoms with Gasteiger partial charge in [0.05, 0.1) is 17.8 Å². The highest BCUT2D eigenvalue weighted by atomic mass is 16.2. The van der Waals surface area contributed by atoms with E-state index in [2.05, 4.69) is 30.9 Å². The first-order chi connectivity index (χ1) is 12.1. The second-order valence-electron chi connectivity index (χ2n) is 8.50. The molecular formula is C20H20N2O3. The minimum Gasteiger partial charge on any atom is -0.297 e. The van der Waals surface area contributed by atoms with E-state index in [9.17, 15) is 14.4 Å². The smallest absolute Gasteiger partial charge is 0.235 e. The summed E-state index contributed by atoms with van der Waals surface area (Å²) in [5, 5.41) is 0. The molecule has 8 unspecified atom stereocenters. The van der Waals surface area contributed by atoms with Crippen LogP contribution >= 0.6 is 0 Å². The van der Waals surface area contributed by atoms with Gasteiger partial charge in [-0.15, -0.1) is 0 Å². The number of rotatable bonds is 2. The molecule has 5 nitrogen and oxygen atoms in total. The zero-order valence-corrected chi connectivity index (χ0v) is 13.9. The topological polar surface area (TPSA) is 57.7 Å². The third-order valence-corrected chi connectivity index (χ3v) is 7.59. The van der Waals surface area contributed by atoms with Crippen LogP contribution in [0.15, 0.2) is 36.6 Å². The molecule has 2 aliphatic heterocycles. The third kappa shape index (κ3) is 1.49. The van der Waals surface area contributed by atoms with E-state index in [1.54, 1.807) is 4.90 Å². The van der Waals surface area contributed by atoms with E-state index in [1.165, 1.54) is 4.90 Å². The summed E-state index contributed by atoms with van der Waals surface area (Å²) in [6, 6.07) is 0. The first kappa shape index (κ1) is 14.0. The molecule has 0 radical (unpaired) electrons. The van der Waals surface area contributed by atoms with Gasteiger partial charge in [-0.25, -0.2) is 0 Å². The molecule has 0 N–H and O–H groups in total. The molecule has 4 fully saturated rings. The Bertz CT molecular complexity index is 686. The second-order valence-corrected chi connectivity index (χ2v) is 8.50. The Morgan fingerprint density at radius 2 is 1.12 bits per heavy atom. The van der Waals surface area contributed by atoms with Gasteiger partial charge in [-0.2, -0.15) is 0 Å². The fourth-order valence-corrected chi connectivity index (χ4v) is 6.52. The van der Waals surface area contributed by atoms with E-state index >= 15 is 0 Å². The number of carbonyl (C=O) groups excluding carboxylic acids is 3. The lowest BCUT2D eigenvalue weighted by Gasteiger charge is -2.26. The van der Waals surface area contributed by atoms with Crippen LogP contribution in [0.1, 0.15) is 12.8 Å². The monoisotopic (exact) mass is 336 g/mol. The van der Waals surface area contributed by atoms with Crippen LogP contribution in [-0.4, -0.2) is 34.2 Å². The summed E-state index contributed by atoms with van der Waals surface area (Å²) in [4.78, 5) is 41.6. The van der Waals surface area contributed by atoms with E-state index in [0.29, 0.717) is 11.8 Å². The molecule has 0 spiro atoms. The van der Waals surface area contributed by atoms with Crippen molar-refractivity contribution in [1.82, 2.24) is 9.80 Å². The summed E-state index contributed by atoms with van der Waals surface area (Å²) >= 11 is 0. The Balaban J connectivity index is 1.28. The van der Waals surface area contributed by atoms with Crippen molar-refractivity contribution in [3.05, 3.63) is 36.6 Å². The molecule has 0 aromatic rings. The minimum absolute atomic E-state index is 0.0346. The molecule has 25 heavy (non-hydrogen) atoms. The molecule has 4 aliphatic carbocycles. The second kappa shape index (κ2) is 4.32. The average Bonchev–Trinajstić information content (AvgIpc) is 3.40. The number of imide groups is 1. The van der Waals surface area contributed by atoms with Gasteiger partial charge in [-0.05, 0) is 36.5 Å². The van der Waals surface area contributed by atoms with E-state index in [-0.39, 0.29) is 59.9 Å². The Labute approximate surface area is 146 Å². The summed E-state index contributed by atoms with van der Waals surface area (Å²) in [5.41, 5.74) is 0.797. The van der Waals surface area contributed by atoms with Crippen molar-refractivity contribution in [1.29, 1.82) is 0 Å². The maximum Gasteiger partial charge on any atom is 0.235 e. The van der Waals surface area contributed by atoms with Crippen molar-refractivity contribution < 1.29 is 14.4 Å². The molecule has 4 bridgehead atoms. The Kier molecular flexibility index (Phi) is 2.43. The first-order valence-corrected chi connectivity index (χ1v) is 9.28. The summed E-state index contributed by atoms with van der Waals surface area (Å²) in [7, 11) is 0. The van der Waals surface area contributed by atoms with Gasteiger partial charge in [0.15, 0.2) is 0 Å². The van der Waals surface area contributed by atoms with Crippen LogP contribution in [0, 0.1) is 47.3 Å².